The number of hydrogen-bond donors (Lipinski definition) is 2. The van der Waals surface area contributed by atoms with Crippen LogP contribution in [0, 0.1) is 34.5 Å². The van der Waals surface area contributed by atoms with Crippen molar-refractivity contribution in [1.29, 1.82) is 0 Å². The average molecular weight is 481 g/mol. The second-order valence-corrected chi connectivity index (χ2v) is 11.8. The molecule has 5 nitrogen and oxygen atoms in total. The number of methoxy groups -OCH3 is 1. The summed E-state index contributed by atoms with van der Waals surface area (Å²) in [5.74, 6) is -2.09. The molecule has 0 radical (unpaired) electrons. The lowest BCUT2D eigenvalue weighted by Crippen LogP contribution is -2.70. The number of hydrogen-bond acceptors (Lipinski definition) is 6. The van der Waals surface area contributed by atoms with E-state index >= 15 is 4.39 Å². The first-order valence-electron chi connectivity index (χ1n) is 12.3. The van der Waals surface area contributed by atoms with Crippen molar-refractivity contribution in [3.63, 3.8) is 0 Å². The first-order chi connectivity index (χ1) is 15.3. The summed E-state index contributed by atoms with van der Waals surface area (Å²) in [5, 5.41) is 23.0. The highest BCUT2D eigenvalue weighted by atomic mass is 32.1. The third-order valence-electron chi connectivity index (χ3n) is 10.1. The number of aliphatic hydroxyl groups is 2. The zero-order valence-electron chi connectivity index (χ0n) is 20.3. The Balaban J connectivity index is 1.79. The molecule has 0 aromatic rings. The maximum atomic E-state index is 17.5. The quantitative estimate of drug-likeness (QED) is 0.589. The van der Waals surface area contributed by atoms with E-state index < -0.39 is 45.8 Å². The summed E-state index contributed by atoms with van der Waals surface area (Å²) < 4.78 is 22.5. The summed E-state index contributed by atoms with van der Waals surface area (Å²) in [7, 11) is 1.30. The van der Waals surface area contributed by atoms with E-state index in [2.05, 4.69) is 0 Å². The van der Waals surface area contributed by atoms with Crippen molar-refractivity contribution in [2.45, 2.75) is 90.0 Å². The van der Waals surface area contributed by atoms with Crippen LogP contribution in [0.1, 0.15) is 72.6 Å². The van der Waals surface area contributed by atoms with E-state index in [0.717, 1.165) is 12.0 Å². The Kier molecular flexibility index (Phi) is 5.98. The molecule has 0 amide bonds. The van der Waals surface area contributed by atoms with Gasteiger partial charge in [-0.15, -0.1) is 0 Å². The molecule has 0 aromatic heterocycles. The number of halogens is 1. The number of fused-ring (bicyclic) bond motifs is 5. The van der Waals surface area contributed by atoms with Gasteiger partial charge in [-0.05, 0) is 68.7 Å². The molecule has 1 unspecified atom stereocenters. The number of ketones is 2. The van der Waals surface area contributed by atoms with Crippen LogP contribution in [-0.4, -0.2) is 51.3 Å². The summed E-state index contributed by atoms with van der Waals surface area (Å²) in [6, 6.07) is 0. The highest BCUT2D eigenvalue weighted by Gasteiger charge is 2.76. The molecule has 0 heterocycles. The van der Waals surface area contributed by atoms with Crippen molar-refractivity contribution in [1.82, 2.24) is 0 Å². The largest absolute Gasteiger partial charge is 0.484 e. The van der Waals surface area contributed by atoms with Gasteiger partial charge in [-0.1, -0.05) is 39.7 Å². The number of carbonyl (C=O) groups is 2. The fourth-order valence-corrected chi connectivity index (χ4v) is 8.57. The lowest BCUT2D eigenvalue weighted by Gasteiger charge is -2.64. The highest BCUT2D eigenvalue weighted by Crippen LogP contribution is 2.71. The van der Waals surface area contributed by atoms with E-state index in [-0.39, 0.29) is 29.1 Å². The summed E-state index contributed by atoms with van der Waals surface area (Å²) >= 11 is 5.08. The van der Waals surface area contributed by atoms with Crippen molar-refractivity contribution >= 4 is 28.8 Å². The Bertz CT molecular complexity index is 918. The van der Waals surface area contributed by atoms with Crippen LogP contribution in [-0.2, 0) is 14.3 Å². The van der Waals surface area contributed by atoms with Crippen LogP contribution in [0.4, 0.5) is 4.39 Å². The van der Waals surface area contributed by atoms with E-state index in [9.17, 15) is 19.8 Å². The number of ether oxygens (including phenoxy) is 1. The van der Waals surface area contributed by atoms with Gasteiger partial charge in [0.15, 0.2) is 5.78 Å². The average Bonchev–Trinajstić information content (AvgIpc) is 2.96. The maximum Gasteiger partial charge on any atom is 0.241 e. The molecule has 9 atom stereocenters. The molecule has 0 spiro atoms. The van der Waals surface area contributed by atoms with E-state index in [1.807, 2.05) is 13.8 Å². The van der Waals surface area contributed by atoms with Gasteiger partial charge in [0, 0.05) is 22.7 Å². The Labute approximate surface area is 201 Å². The molecular weight excluding hydrogens is 443 g/mol. The normalized spacial score (nSPS) is 48.9. The van der Waals surface area contributed by atoms with Gasteiger partial charge < -0.3 is 14.9 Å². The fourth-order valence-electron chi connectivity index (χ4n) is 8.41. The van der Waals surface area contributed by atoms with Gasteiger partial charge in [0.2, 0.25) is 10.8 Å². The molecule has 0 aliphatic heterocycles. The number of aliphatic hydroxyl groups excluding tert-OH is 1. The topological polar surface area (TPSA) is 83.8 Å². The van der Waals surface area contributed by atoms with E-state index in [4.69, 9.17) is 17.0 Å². The second kappa shape index (κ2) is 7.92. The molecule has 184 valence electrons. The van der Waals surface area contributed by atoms with Crippen LogP contribution >= 0.6 is 12.2 Å². The minimum Gasteiger partial charge on any atom is -0.484 e. The molecule has 33 heavy (non-hydrogen) atoms. The number of alkyl halides is 1. The van der Waals surface area contributed by atoms with E-state index in [1.54, 1.807) is 19.9 Å². The smallest absolute Gasteiger partial charge is 0.241 e. The van der Waals surface area contributed by atoms with E-state index in [0.29, 0.717) is 32.1 Å². The zero-order chi connectivity index (χ0) is 24.6. The fraction of sp³-hybridized carbons (Fsp3) is 0.808. The molecule has 4 aliphatic rings. The molecule has 2 N–H and O–H groups in total. The Morgan fingerprint density at radius 1 is 1.30 bits per heavy atom. The molecule has 3 saturated carbocycles. The molecule has 0 saturated heterocycles. The second-order valence-electron chi connectivity index (χ2n) is 11.5. The number of Topliss-reactive ketones (excluding diaryl/α,β-unsaturated/α-hetero) is 1. The predicted molar refractivity (Wildman–Crippen MR) is 126 cm³/mol. The summed E-state index contributed by atoms with van der Waals surface area (Å²) in [4.78, 5) is 25.9. The molecule has 4 aliphatic carbocycles. The van der Waals surface area contributed by atoms with Crippen molar-refractivity contribution in [3.05, 3.63) is 11.6 Å². The van der Waals surface area contributed by atoms with Crippen LogP contribution in [0.25, 0.3) is 0 Å². The number of rotatable bonds is 4. The van der Waals surface area contributed by atoms with Crippen molar-refractivity contribution in [3.8, 4) is 0 Å². The number of carbonyl (C=O) groups excluding carboxylic acids is 2. The lowest BCUT2D eigenvalue weighted by molar-refractivity contribution is -0.228. The lowest BCUT2D eigenvalue weighted by atomic mass is 9.43. The van der Waals surface area contributed by atoms with Crippen LogP contribution in [0.3, 0.4) is 0 Å². The number of thiocarbonyl (C=S) groups is 1. The summed E-state index contributed by atoms with van der Waals surface area (Å²) in [6.45, 7) is 7.51. The van der Waals surface area contributed by atoms with Gasteiger partial charge in [-0.3, -0.25) is 9.59 Å². The van der Waals surface area contributed by atoms with Gasteiger partial charge >= 0.3 is 0 Å². The molecular formula is C26H37FO5S. The van der Waals surface area contributed by atoms with E-state index in [1.165, 1.54) is 7.11 Å². The van der Waals surface area contributed by atoms with Gasteiger partial charge in [-0.25, -0.2) is 4.39 Å². The molecule has 4 rings (SSSR count). The Morgan fingerprint density at radius 2 is 1.97 bits per heavy atom. The number of allylic oxidation sites excluding steroid dienone is 1. The first-order valence-corrected chi connectivity index (χ1v) is 12.7. The van der Waals surface area contributed by atoms with Crippen LogP contribution in [0.15, 0.2) is 11.6 Å². The predicted octanol–water partition coefficient (Wildman–Crippen LogP) is 4.13. The minimum absolute atomic E-state index is 0.0428. The summed E-state index contributed by atoms with van der Waals surface area (Å²) in [5.41, 5.74) is -4.92. The van der Waals surface area contributed by atoms with Gasteiger partial charge in [0.25, 0.3) is 0 Å². The third-order valence-corrected chi connectivity index (χ3v) is 10.5. The van der Waals surface area contributed by atoms with Crippen molar-refractivity contribution < 1.29 is 28.9 Å². The SMILES string of the molecule is CCCC1C[C@@]2(C)C(=CC1=O)CC[C@H]1[C@@H]3C[C@H](C)[C@](O)(C(=O)C(=S)OC)[C@@]3(C)C[C@H](O)[C@@]12F. The van der Waals surface area contributed by atoms with Crippen molar-refractivity contribution in [2.24, 2.45) is 34.5 Å². The minimum atomic E-state index is -1.93. The molecule has 0 bridgehead atoms. The highest BCUT2D eigenvalue weighted by molar-refractivity contribution is 7.81. The molecule has 7 heteroatoms. The summed E-state index contributed by atoms with van der Waals surface area (Å²) in [6.07, 6.45) is 3.72. The Hall–Kier alpha value is -1.18. The van der Waals surface area contributed by atoms with Crippen molar-refractivity contribution in [2.75, 3.05) is 7.11 Å². The van der Waals surface area contributed by atoms with Crippen LogP contribution < -0.4 is 0 Å². The van der Waals surface area contributed by atoms with Crippen LogP contribution in [0.2, 0.25) is 0 Å². The maximum absolute atomic E-state index is 17.5. The molecule has 0 aromatic carbocycles. The third kappa shape index (κ3) is 2.97. The van der Waals surface area contributed by atoms with Gasteiger partial charge in [0.05, 0.1) is 13.2 Å². The Morgan fingerprint density at radius 3 is 2.58 bits per heavy atom. The monoisotopic (exact) mass is 480 g/mol. The van der Waals surface area contributed by atoms with Gasteiger partial charge in [-0.2, -0.15) is 0 Å². The van der Waals surface area contributed by atoms with Crippen LogP contribution in [0.5, 0.6) is 0 Å². The molecule has 3 fully saturated rings. The first kappa shape index (κ1) is 24.9. The van der Waals surface area contributed by atoms with Gasteiger partial charge in [0.1, 0.15) is 11.3 Å². The zero-order valence-corrected chi connectivity index (χ0v) is 21.1. The standard InChI is InChI=1S/C26H37FO5S/c1-6-7-15-12-23(3)16(11-19(15)28)8-9-17-18-10-14(2)26(31,21(30)22(33)32-5)24(18,4)13-20(29)25(17,23)27/h11,14-15,17-18,20,29,31H,6-10,12-13H2,1-5H3/t14-,15?,17-,18-,20-,23-,24-,25-,26-/m0/s1.